The summed E-state index contributed by atoms with van der Waals surface area (Å²) in [5, 5.41) is 12.8. The van der Waals surface area contributed by atoms with Crippen molar-refractivity contribution in [3.63, 3.8) is 0 Å². The molecule has 3 rings (SSSR count). The second-order valence-electron chi connectivity index (χ2n) is 5.64. The lowest BCUT2D eigenvalue weighted by molar-refractivity contribution is -0.120. The van der Waals surface area contributed by atoms with E-state index in [1.165, 1.54) is 0 Å². The van der Waals surface area contributed by atoms with E-state index in [1.54, 1.807) is 23.9 Å². The Balaban J connectivity index is 1.47. The second-order valence-corrected chi connectivity index (χ2v) is 6.86. The van der Waals surface area contributed by atoms with Gasteiger partial charge in [-0.25, -0.2) is 0 Å². The molecule has 0 aliphatic carbocycles. The molecule has 4 nitrogen and oxygen atoms in total. The van der Waals surface area contributed by atoms with Gasteiger partial charge in [-0.2, -0.15) is 0 Å². The summed E-state index contributed by atoms with van der Waals surface area (Å²) < 4.78 is 0. The number of nitrogens with zero attached hydrogens (tertiary/aromatic N) is 1. The highest BCUT2D eigenvalue weighted by atomic mass is 32.2. The number of anilines is 1. The molecule has 2 aromatic carbocycles. The Morgan fingerprint density at radius 3 is 2.83 bits per heavy atom. The third-order valence-corrected chi connectivity index (χ3v) is 5.34. The van der Waals surface area contributed by atoms with Crippen molar-refractivity contribution in [2.75, 3.05) is 18.5 Å². The van der Waals surface area contributed by atoms with Crippen molar-refractivity contribution in [3.05, 3.63) is 54.1 Å². The third-order valence-electron chi connectivity index (χ3n) is 3.94. The standard InChI is InChI=1S/C18H20N2O2S/c1-20-15-8-7-14(21)12-16(15)23-18(20)9-10-19-17(22)11-13-5-3-2-4-6-13/h2-8,12,18,21H,9-11H2,1H3,(H,19,22). The number of hydrogen-bond acceptors (Lipinski definition) is 4. The number of fused-ring (bicyclic) bond motifs is 1. The van der Waals surface area contributed by atoms with E-state index in [-0.39, 0.29) is 11.3 Å². The van der Waals surface area contributed by atoms with Crippen LogP contribution in [0.25, 0.3) is 0 Å². The molecule has 0 fully saturated rings. The average molecular weight is 328 g/mol. The van der Waals surface area contributed by atoms with Crippen molar-refractivity contribution in [2.24, 2.45) is 0 Å². The number of carbonyl (C=O) groups excluding carboxylic acids is 1. The molecule has 0 spiro atoms. The fourth-order valence-corrected chi connectivity index (χ4v) is 4.02. The summed E-state index contributed by atoms with van der Waals surface area (Å²) in [6, 6.07) is 15.2. The maximum absolute atomic E-state index is 12.0. The number of amides is 1. The molecule has 0 saturated heterocycles. The number of rotatable bonds is 5. The fraction of sp³-hybridized carbons (Fsp3) is 0.278. The van der Waals surface area contributed by atoms with Gasteiger partial charge in [0.1, 0.15) is 5.75 Å². The van der Waals surface area contributed by atoms with E-state index in [1.807, 2.05) is 43.4 Å². The second kappa shape index (κ2) is 6.96. The summed E-state index contributed by atoms with van der Waals surface area (Å²) in [7, 11) is 2.05. The summed E-state index contributed by atoms with van der Waals surface area (Å²) in [5.74, 6) is 0.346. The van der Waals surface area contributed by atoms with Gasteiger partial charge in [-0.1, -0.05) is 42.1 Å². The van der Waals surface area contributed by atoms with E-state index >= 15 is 0 Å². The number of phenolic OH excluding ortho intramolecular Hbond substituents is 1. The summed E-state index contributed by atoms with van der Waals surface area (Å²) >= 11 is 1.73. The highest BCUT2D eigenvalue weighted by Gasteiger charge is 2.27. The van der Waals surface area contributed by atoms with Gasteiger partial charge in [-0.3, -0.25) is 4.79 Å². The lowest BCUT2D eigenvalue weighted by atomic mass is 10.1. The zero-order valence-corrected chi connectivity index (χ0v) is 13.8. The Hall–Kier alpha value is -2.14. The Labute approximate surface area is 140 Å². The molecule has 0 aromatic heterocycles. The first-order valence-corrected chi connectivity index (χ1v) is 8.54. The first-order chi connectivity index (χ1) is 11.1. The highest BCUT2D eigenvalue weighted by molar-refractivity contribution is 8.00. The number of carbonyl (C=O) groups is 1. The SMILES string of the molecule is CN1c2ccc(O)cc2SC1CCNC(=O)Cc1ccccc1. The van der Waals surface area contributed by atoms with Crippen LogP contribution in [-0.4, -0.2) is 30.0 Å². The summed E-state index contributed by atoms with van der Waals surface area (Å²) in [5.41, 5.74) is 2.16. The van der Waals surface area contributed by atoms with Gasteiger partial charge in [0.05, 0.1) is 17.5 Å². The fourth-order valence-electron chi connectivity index (χ4n) is 2.70. The van der Waals surface area contributed by atoms with Gasteiger partial charge in [0.2, 0.25) is 5.91 Å². The van der Waals surface area contributed by atoms with Crippen molar-refractivity contribution < 1.29 is 9.90 Å². The smallest absolute Gasteiger partial charge is 0.224 e. The van der Waals surface area contributed by atoms with Crippen LogP contribution in [0.2, 0.25) is 0 Å². The molecule has 0 bridgehead atoms. The van der Waals surface area contributed by atoms with Crippen LogP contribution in [0.1, 0.15) is 12.0 Å². The minimum Gasteiger partial charge on any atom is -0.508 e. The van der Waals surface area contributed by atoms with Crippen LogP contribution in [0.4, 0.5) is 5.69 Å². The van der Waals surface area contributed by atoms with Crippen molar-refractivity contribution in [1.82, 2.24) is 5.32 Å². The van der Waals surface area contributed by atoms with Crippen molar-refractivity contribution in [1.29, 1.82) is 0 Å². The van der Waals surface area contributed by atoms with Crippen molar-refractivity contribution in [3.8, 4) is 5.75 Å². The predicted molar refractivity (Wildman–Crippen MR) is 93.9 cm³/mol. The molecule has 2 aromatic rings. The van der Waals surface area contributed by atoms with Crippen LogP contribution in [0.15, 0.2) is 53.4 Å². The summed E-state index contributed by atoms with van der Waals surface area (Å²) in [6.45, 7) is 0.646. The molecule has 1 unspecified atom stereocenters. The number of hydrogen-bond donors (Lipinski definition) is 2. The average Bonchev–Trinajstić information content (AvgIpc) is 2.84. The largest absolute Gasteiger partial charge is 0.508 e. The van der Waals surface area contributed by atoms with E-state index in [4.69, 9.17) is 0 Å². The van der Waals surface area contributed by atoms with Gasteiger partial charge in [0.15, 0.2) is 0 Å². The van der Waals surface area contributed by atoms with Gasteiger partial charge in [0, 0.05) is 18.5 Å². The molecule has 2 N–H and O–H groups in total. The minimum atomic E-state index is 0.0528. The van der Waals surface area contributed by atoms with Gasteiger partial charge < -0.3 is 15.3 Å². The minimum absolute atomic E-state index is 0.0528. The first kappa shape index (κ1) is 15.7. The van der Waals surface area contributed by atoms with Crippen LogP contribution >= 0.6 is 11.8 Å². The van der Waals surface area contributed by atoms with Crippen LogP contribution < -0.4 is 10.2 Å². The van der Waals surface area contributed by atoms with Gasteiger partial charge in [-0.15, -0.1) is 0 Å². The zero-order valence-electron chi connectivity index (χ0n) is 13.0. The van der Waals surface area contributed by atoms with Crippen molar-refractivity contribution in [2.45, 2.75) is 23.1 Å². The van der Waals surface area contributed by atoms with Gasteiger partial charge >= 0.3 is 0 Å². The van der Waals surface area contributed by atoms with E-state index in [0.29, 0.717) is 18.7 Å². The first-order valence-electron chi connectivity index (χ1n) is 7.66. The lowest BCUT2D eigenvalue weighted by Gasteiger charge is -2.21. The number of nitrogens with one attached hydrogen (secondary N) is 1. The quantitative estimate of drug-likeness (QED) is 0.886. The van der Waals surface area contributed by atoms with E-state index in [0.717, 1.165) is 22.6 Å². The Morgan fingerprint density at radius 2 is 2.04 bits per heavy atom. The van der Waals surface area contributed by atoms with Gasteiger partial charge in [0.25, 0.3) is 0 Å². The molecular formula is C18H20N2O2S. The van der Waals surface area contributed by atoms with Crippen LogP contribution in [-0.2, 0) is 11.2 Å². The lowest BCUT2D eigenvalue weighted by Crippen LogP contribution is -2.32. The van der Waals surface area contributed by atoms with Crippen molar-refractivity contribution >= 4 is 23.4 Å². The molecule has 120 valence electrons. The third kappa shape index (κ3) is 3.79. The number of phenols is 1. The zero-order chi connectivity index (χ0) is 16.2. The number of benzene rings is 2. The molecule has 0 saturated carbocycles. The maximum atomic E-state index is 12.0. The molecule has 0 radical (unpaired) electrons. The monoisotopic (exact) mass is 328 g/mol. The number of thioether (sulfide) groups is 1. The Morgan fingerprint density at radius 1 is 1.26 bits per heavy atom. The molecule has 1 aliphatic heterocycles. The number of aromatic hydroxyl groups is 1. The molecule has 1 atom stereocenters. The molecule has 1 heterocycles. The Bertz CT molecular complexity index is 691. The van der Waals surface area contributed by atoms with E-state index in [2.05, 4.69) is 10.2 Å². The maximum Gasteiger partial charge on any atom is 0.224 e. The van der Waals surface area contributed by atoms with E-state index < -0.39 is 0 Å². The molecule has 1 amide bonds. The van der Waals surface area contributed by atoms with Crippen LogP contribution in [0, 0.1) is 0 Å². The van der Waals surface area contributed by atoms with Gasteiger partial charge in [-0.05, 0) is 30.2 Å². The summed E-state index contributed by atoms with van der Waals surface area (Å²) in [4.78, 5) is 15.3. The predicted octanol–water partition coefficient (Wildman–Crippen LogP) is 3.01. The topological polar surface area (TPSA) is 52.6 Å². The molecule has 23 heavy (non-hydrogen) atoms. The van der Waals surface area contributed by atoms with Crippen LogP contribution in [0.3, 0.4) is 0 Å². The van der Waals surface area contributed by atoms with E-state index in [9.17, 15) is 9.90 Å². The molecule has 1 aliphatic rings. The highest BCUT2D eigenvalue weighted by Crippen LogP contribution is 2.44. The normalized spacial score (nSPS) is 16.2. The molecule has 5 heteroatoms. The molecular weight excluding hydrogens is 308 g/mol. The summed E-state index contributed by atoms with van der Waals surface area (Å²) in [6.07, 6.45) is 1.28. The Kier molecular flexibility index (Phi) is 4.76. The van der Waals surface area contributed by atoms with Crippen LogP contribution in [0.5, 0.6) is 5.75 Å².